The molecule has 1 heteroatoms. The third kappa shape index (κ3) is 1.83. The number of allylic oxidation sites excluding steroid dienone is 12. The predicted molar refractivity (Wildman–Crippen MR) is 108 cm³/mol. The van der Waals surface area contributed by atoms with Crippen molar-refractivity contribution in [1.29, 1.82) is 0 Å². The molecule has 122 valence electrons. The van der Waals surface area contributed by atoms with Gasteiger partial charge in [0.1, 0.15) is 6.04 Å². The van der Waals surface area contributed by atoms with E-state index in [4.69, 9.17) is 4.99 Å². The van der Waals surface area contributed by atoms with Crippen LogP contribution in [0.1, 0.15) is 5.56 Å². The summed E-state index contributed by atoms with van der Waals surface area (Å²) in [7, 11) is 0. The second-order valence-electron chi connectivity index (χ2n) is 7.20. The summed E-state index contributed by atoms with van der Waals surface area (Å²) in [6.45, 7) is 0. The average Bonchev–Trinajstić information content (AvgIpc) is 2.72. The molecule has 1 aromatic rings. The minimum Gasteiger partial charge on any atom is -0.280 e. The van der Waals surface area contributed by atoms with Crippen LogP contribution in [0.2, 0.25) is 0 Å². The van der Waals surface area contributed by atoms with Gasteiger partial charge in [-0.1, -0.05) is 72.9 Å². The highest BCUT2D eigenvalue weighted by Crippen LogP contribution is 2.51. The van der Waals surface area contributed by atoms with Crippen molar-refractivity contribution in [3.05, 3.63) is 124 Å². The fraction of sp³-hybridized carbons (Fsp3) is 0.0800. The Hall–Kier alpha value is -3.19. The van der Waals surface area contributed by atoms with Crippen molar-refractivity contribution < 1.29 is 0 Å². The highest BCUT2D eigenvalue weighted by atomic mass is 14.8. The molecule has 0 aromatic heterocycles. The lowest BCUT2D eigenvalue weighted by molar-refractivity contribution is 0.786. The Kier molecular flexibility index (Phi) is 2.78. The highest BCUT2D eigenvalue weighted by molar-refractivity contribution is 5.86. The number of nitrogens with zero attached hydrogens (tertiary/aromatic N) is 1. The smallest absolute Gasteiger partial charge is 0.100 e. The average molecular weight is 331 g/mol. The SMILES string of the molecule is C1=CC2=CC3=C4C(=CC=C5C=CC(c6ccccc6)=C(C=C3)[C@H]54)C2N=C1. The van der Waals surface area contributed by atoms with Crippen molar-refractivity contribution in [3.8, 4) is 0 Å². The van der Waals surface area contributed by atoms with E-state index in [9.17, 15) is 0 Å². The van der Waals surface area contributed by atoms with Crippen LogP contribution in [-0.4, -0.2) is 12.3 Å². The van der Waals surface area contributed by atoms with E-state index >= 15 is 0 Å². The Bertz CT molecular complexity index is 1110. The van der Waals surface area contributed by atoms with Crippen molar-refractivity contribution in [2.45, 2.75) is 6.04 Å². The van der Waals surface area contributed by atoms with Gasteiger partial charge in [0.25, 0.3) is 0 Å². The fourth-order valence-corrected chi connectivity index (χ4v) is 4.69. The quantitative estimate of drug-likeness (QED) is 0.661. The first kappa shape index (κ1) is 14.0. The van der Waals surface area contributed by atoms with E-state index in [-0.39, 0.29) is 6.04 Å². The second kappa shape index (κ2) is 5.15. The van der Waals surface area contributed by atoms with Crippen LogP contribution in [0.3, 0.4) is 0 Å². The van der Waals surface area contributed by atoms with Crippen LogP contribution in [0, 0.1) is 5.92 Å². The molecule has 1 nitrogen and oxygen atoms in total. The number of rotatable bonds is 1. The molecule has 2 atom stereocenters. The topological polar surface area (TPSA) is 12.4 Å². The zero-order valence-electron chi connectivity index (χ0n) is 14.3. The molecule has 0 N–H and O–H groups in total. The van der Waals surface area contributed by atoms with Gasteiger partial charge in [-0.05, 0) is 56.7 Å². The third-order valence-corrected chi connectivity index (χ3v) is 5.83. The van der Waals surface area contributed by atoms with E-state index in [1.54, 1.807) is 0 Å². The molecular formula is C25H17N. The van der Waals surface area contributed by atoms with Gasteiger partial charge < -0.3 is 0 Å². The van der Waals surface area contributed by atoms with Crippen molar-refractivity contribution in [1.82, 2.24) is 0 Å². The Balaban J connectivity index is 1.59. The van der Waals surface area contributed by atoms with Gasteiger partial charge in [0.05, 0.1) is 0 Å². The van der Waals surface area contributed by atoms with Crippen LogP contribution in [-0.2, 0) is 0 Å². The number of aliphatic imine (C=N–C) groups is 1. The van der Waals surface area contributed by atoms with Gasteiger partial charge in [-0.25, -0.2) is 0 Å². The van der Waals surface area contributed by atoms with Crippen LogP contribution in [0.4, 0.5) is 0 Å². The fourth-order valence-electron chi connectivity index (χ4n) is 4.69. The zero-order chi connectivity index (χ0) is 17.1. The molecular weight excluding hydrogens is 314 g/mol. The summed E-state index contributed by atoms with van der Waals surface area (Å²) >= 11 is 0. The van der Waals surface area contributed by atoms with E-state index in [0.29, 0.717) is 5.92 Å². The lowest BCUT2D eigenvalue weighted by atomic mass is 9.65. The van der Waals surface area contributed by atoms with Crippen molar-refractivity contribution in [2.75, 3.05) is 0 Å². The number of fused-ring (bicyclic) bond motifs is 2. The molecule has 0 spiro atoms. The minimum atomic E-state index is 0.149. The van der Waals surface area contributed by atoms with Gasteiger partial charge in [0.2, 0.25) is 0 Å². The molecule has 1 unspecified atom stereocenters. The molecule has 1 heterocycles. The van der Waals surface area contributed by atoms with E-state index < -0.39 is 0 Å². The molecule has 0 amide bonds. The summed E-state index contributed by atoms with van der Waals surface area (Å²) in [6, 6.07) is 10.9. The summed E-state index contributed by atoms with van der Waals surface area (Å²) in [6.07, 6.45) is 22.2. The number of dihydropyridines is 1. The maximum absolute atomic E-state index is 4.76. The van der Waals surface area contributed by atoms with Crippen LogP contribution >= 0.6 is 0 Å². The van der Waals surface area contributed by atoms with Gasteiger partial charge in [0, 0.05) is 12.1 Å². The van der Waals surface area contributed by atoms with Gasteiger partial charge in [-0.15, -0.1) is 0 Å². The van der Waals surface area contributed by atoms with Crippen LogP contribution < -0.4 is 0 Å². The number of benzene rings is 1. The first-order valence-corrected chi connectivity index (χ1v) is 9.14. The monoisotopic (exact) mass is 331 g/mol. The Labute approximate surface area is 153 Å². The first-order valence-electron chi connectivity index (χ1n) is 9.14. The van der Waals surface area contributed by atoms with Gasteiger partial charge in [-0.2, -0.15) is 0 Å². The minimum absolute atomic E-state index is 0.149. The van der Waals surface area contributed by atoms with Crippen molar-refractivity contribution >= 4 is 11.8 Å². The largest absolute Gasteiger partial charge is 0.280 e. The lowest BCUT2D eigenvalue weighted by Gasteiger charge is -2.39. The summed E-state index contributed by atoms with van der Waals surface area (Å²) in [5, 5.41) is 0. The van der Waals surface area contributed by atoms with Crippen LogP contribution in [0.5, 0.6) is 0 Å². The Morgan fingerprint density at radius 3 is 2.65 bits per heavy atom. The highest BCUT2D eigenvalue weighted by Gasteiger charge is 2.38. The molecule has 6 rings (SSSR count). The molecule has 0 saturated carbocycles. The van der Waals surface area contributed by atoms with Crippen molar-refractivity contribution in [2.24, 2.45) is 10.9 Å². The Morgan fingerprint density at radius 2 is 1.73 bits per heavy atom. The molecule has 4 aliphatic carbocycles. The maximum Gasteiger partial charge on any atom is 0.100 e. The van der Waals surface area contributed by atoms with E-state index in [2.05, 4.69) is 78.9 Å². The van der Waals surface area contributed by atoms with E-state index in [1.165, 1.54) is 44.6 Å². The molecule has 5 aliphatic rings. The van der Waals surface area contributed by atoms with Crippen LogP contribution in [0.25, 0.3) is 5.57 Å². The number of hydrogen-bond acceptors (Lipinski definition) is 1. The number of hydrogen-bond donors (Lipinski definition) is 0. The second-order valence-corrected chi connectivity index (χ2v) is 7.20. The summed E-state index contributed by atoms with van der Waals surface area (Å²) in [5.41, 5.74) is 10.8. The third-order valence-electron chi connectivity index (χ3n) is 5.83. The maximum atomic E-state index is 4.76. The van der Waals surface area contributed by atoms with E-state index in [1.807, 2.05) is 12.3 Å². The molecule has 0 bridgehead atoms. The lowest BCUT2D eigenvalue weighted by Crippen LogP contribution is -2.29. The summed E-state index contributed by atoms with van der Waals surface area (Å²) in [4.78, 5) is 4.76. The molecule has 0 saturated heterocycles. The Morgan fingerprint density at radius 1 is 0.808 bits per heavy atom. The molecule has 1 aromatic carbocycles. The summed E-state index contributed by atoms with van der Waals surface area (Å²) < 4.78 is 0. The summed E-state index contributed by atoms with van der Waals surface area (Å²) in [5.74, 6) is 0.328. The standard InChI is InChI=1S/C25H17N/c1-2-5-16(6-3-1)20-11-8-17-9-13-22-24-18(10-12-21(20)23(17)24)15-19-7-4-14-26-25(19)22/h1-15,23,25H/t23-,25?/m0/s1. The van der Waals surface area contributed by atoms with Crippen LogP contribution in [0.15, 0.2) is 123 Å². The zero-order valence-corrected chi connectivity index (χ0v) is 14.3. The van der Waals surface area contributed by atoms with E-state index in [0.717, 1.165) is 0 Å². The predicted octanol–water partition coefficient (Wildman–Crippen LogP) is 5.31. The van der Waals surface area contributed by atoms with Crippen molar-refractivity contribution in [3.63, 3.8) is 0 Å². The molecule has 26 heavy (non-hydrogen) atoms. The normalized spacial score (nSPS) is 27.0. The van der Waals surface area contributed by atoms with Gasteiger partial charge in [0.15, 0.2) is 0 Å². The first-order chi connectivity index (χ1) is 12.9. The molecule has 1 aliphatic heterocycles. The molecule has 0 radical (unpaired) electrons. The van der Waals surface area contributed by atoms with Gasteiger partial charge in [-0.3, -0.25) is 4.99 Å². The molecule has 0 fully saturated rings. The van der Waals surface area contributed by atoms with Gasteiger partial charge >= 0.3 is 0 Å².